The van der Waals surface area contributed by atoms with Crippen molar-refractivity contribution in [2.45, 2.75) is 38.1 Å². The lowest BCUT2D eigenvalue weighted by Gasteiger charge is -2.37. The second kappa shape index (κ2) is 10.5. The maximum atomic E-state index is 12.8. The molecule has 1 aliphatic heterocycles. The molecule has 1 aromatic carbocycles. The van der Waals surface area contributed by atoms with E-state index in [-0.39, 0.29) is 42.7 Å². The highest BCUT2D eigenvalue weighted by Gasteiger charge is 2.30. The van der Waals surface area contributed by atoms with Crippen molar-refractivity contribution in [1.82, 2.24) is 15.5 Å². The van der Waals surface area contributed by atoms with Crippen LogP contribution in [0, 0.1) is 5.92 Å². The topological polar surface area (TPSA) is 70.7 Å². The molecule has 2 fully saturated rings. The van der Waals surface area contributed by atoms with Crippen molar-refractivity contribution >= 4 is 24.2 Å². The molecule has 150 valence electrons. The van der Waals surface area contributed by atoms with Crippen LogP contribution in [0.15, 0.2) is 24.3 Å². The standard InChI is InChI=1S/C20H29N3O3.ClH/c1-26-18-10-6-5-9-16(18)17-13-21-11-12-23(17)19(24)14-22-20(25)15-7-3-2-4-8-15;/h5-6,9-10,15,17,21H,2-4,7-8,11-14H2,1H3,(H,22,25);1H. The maximum Gasteiger partial charge on any atom is 0.242 e. The Bertz CT molecular complexity index is 635. The summed E-state index contributed by atoms with van der Waals surface area (Å²) in [5.41, 5.74) is 0.995. The van der Waals surface area contributed by atoms with Gasteiger partial charge in [0.1, 0.15) is 5.75 Å². The van der Waals surface area contributed by atoms with E-state index in [0.29, 0.717) is 13.1 Å². The molecule has 1 saturated carbocycles. The van der Waals surface area contributed by atoms with Crippen LogP contribution in [-0.4, -0.2) is 50.0 Å². The van der Waals surface area contributed by atoms with Crippen molar-refractivity contribution in [3.8, 4) is 5.75 Å². The second-order valence-corrected chi connectivity index (χ2v) is 7.10. The number of hydrogen-bond donors (Lipinski definition) is 2. The lowest BCUT2D eigenvalue weighted by Crippen LogP contribution is -2.51. The lowest BCUT2D eigenvalue weighted by atomic mass is 9.89. The molecule has 27 heavy (non-hydrogen) atoms. The number of carbonyl (C=O) groups excluding carboxylic acids is 2. The van der Waals surface area contributed by atoms with E-state index in [4.69, 9.17) is 4.74 Å². The first-order valence-corrected chi connectivity index (χ1v) is 9.61. The predicted octanol–water partition coefficient (Wildman–Crippen LogP) is 2.29. The molecule has 1 unspecified atom stereocenters. The minimum Gasteiger partial charge on any atom is -0.496 e. The Morgan fingerprint density at radius 2 is 1.96 bits per heavy atom. The fraction of sp³-hybridized carbons (Fsp3) is 0.600. The smallest absolute Gasteiger partial charge is 0.242 e. The van der Waals surface area contributed by atoms with Gasteiger partial charge in [0.15, 0.2) is 0 Å². The summed E-state index contributed by atoms with van der Waals surface area (Å²) in [5.74, 6) is 0.850. The largest absolute Gasteiger partial charge is 0.496 e. The summed E-state index contributed by atoms with van der Waals surface area (Å²) < 4.78 is 5.47. The summed E-state index contributed by atoms with van der Waals surface area (Å²) in [5, 5.41) is 6.22. The van der Waals surface area contributed by atoms with Gasteiger partial charge in [-0.3, -0.25) is 9.59 Å². The minimum absolute atomic E-state index is 0. The number of amides is 2. The predicted molar refractivity (Wildman–Crippen MR) is 107 cm³/mol. The van der Waals surface area contributed by atoms with E-state index < -0.39 is 0 Å². The summed E-state index contributed by atoms with van der Waals surface area (Å²) in [4.78, 5) is 27.0. The number of carbonyl (C=O) groups is 2. The average Bonchev–Trinajstić information content (AvgIpc) is 2.72. The molecule has 2 amide bonds. The summed E-state index contributed by atoms with van der Waals surface area (Å²) in [6, 6.07) is 7.71. The van der Waals surface area contributed by atoms with Gasteiger partial charge in [0.25, 0.3) is 0 Å². The molecular formula is C20H30ClN3O3. The summed E-state index contributed by atoms with van der Waals surface area (Å²) in [7, 11) is 1.64. The van der Waals surface area contributed by atoms with Crippen molar-refractivity contribution < 1.29 is 14.3 Å². The van der Waals surface area contributed by atoms with E-state index >= 15 is 0 Å². The third-order valence-corrected chi connectivity index (χ3v) is 5.45. The van der Waals surface area contributed by atoms with E-state index in [1.165, 1.54) is 6.42 Å². The van der Waals surface area contributed by atoms with Crippen molar-refractivity contribution in [1.29, 1.82) is 0 Å². The number of piperazine rings is 1. The molecular weight excluding hydrogens is 366 g/mol. The van der Waals surface area contributed by atoms with E-state index in [0.717, 1.165) is 43.5 Å². The highest BCUT2D eigenvalue weighted by atomic mass is 35.5. The average molecular weight is 396 g/mol. The van der Waals surface area contributed by atoms with Crippen LogP contribution >= 0.6 is 12.4 Å². The molecule has 0 bridgehead atoms. The van der Waals surface area contributed by atoms with Gasteiger partial charge in [0, 0.05) is 31.1 Å². The number of ether oxygens (including phenoxy) is 1. The Hall–Kier alpha value is -1.79. The molecule has 0 aromatic heterocycles. The molecule has 1 saturated heterocycles. The normalized spacial score (nSPS) is 20.5. The monoisotopic (exact) mass is 395 g/mol. The molecule has 6 nitrogen and oxygen atoms in total. The van der Waals surface area contributed by atoms with Crippen LogP contribution in [0.4, 0.5) is 0 Å². The van der Waals surface area contributed by atoms with Crippen LogP contribution in [0.2, 0.25) is 0 Å². The summed E-state index contributed by atoms with van der Waals surface area (Å²) in [6.45, 7) is 2.14. The second-order valence-electron chi connectivity index (χ2n) is 7.10. The Balaban J connectivity index is 0.00000261. The van der Waals surface area contributed by atoms with Crippen molar-refractivity contribution in [2.24, 2.45) is 5.92 Å². The summed E-state index contributed by atoms with van der Waals surface area (Å²) in [6.07, 6.45) is 5.32. The van der Waals surface area contributed by atoms with Crippen LogP contribution in [-0.2, 0) is 9.59 Å². The molecule has 0 spiro atoms. The molecule has 2 N–H and O–H groups in total. The van der Waals surface area contributed by atoms with Gasteiger partial charge in [-0.05, 0) is 18.9 Å². The molecule has 0 radical (unpaired) electrons. The third-order valence-electron chi connectivity index (χ3n) is 5.45. The number of benzene rings is 1. The number of halogens is 1. The van der Waals surface area contributed by atoms with E-state index in [1.807, 2.05) is 29.2 Å². The van der Waals surface area contributed by atoms with Gasteiger partial charge >= 0.3 is 0 Å². The van der Waals surface area contributed by atoms with Gasteiger partial charge in [-0.15, -0.1) is 12.4 Å². The van der Waals surface area contributed by atoms with Gasteiger partial charge in [0.05, 0.1) is 19.7 Å². The SMILES string of the molecule is COc1ccccc1C1CNCCN1C(=O)CNC(=O)C1CCCCC1.Cl. The van der Waals surface area contributed by atoms with E-state index in [1.54, 1.807) is 7.11 Å². The van der Waals surface area contributed by atoms with Crippen LogP contribution in [0.3, 0.4) is 0 Å². The highest BCUT2D eigenvalue weighted by Crippen LogP contribution is 2.30. The van der Waals surface area contributed by atoms with Crippen molar-refractivity contribution in [3.05, 3.63) is 29.8 Å². The van der Waals surface area contributed by atoms with Crippen LogP contribution in [0.25, 0.3) is 0 Å². The van der Waals surface area contributed by atoms with Gasteiger partial charge in [-0.1, -0.05) is 37.5 Å². The Morgan fingerprint density at radius 3 is 2.70 bits per heavy atom. The highest BCUT2D eigenvalue weighted by molar-refractivity contribution is 5.86. The Labute approximate surface area is 167 Å². The fourth-order valence-corrected chi connectivity index (χ4v) is 4.00. The maximum absolute atomic E-state index is 12.8. The number of para-hydroxylation sites is 1. The van der Waals surface area contributed by atoms with Crippen LogP contribution < -0.4 is 15.4 Å². The molecule has 7 heteroatoms. The molecule has 1 aliphatic carbocycles. The quantitative estimate of drug-likeness (QED) is 0.802. The number of methoxy groups -OCH3 is 1. The first-order valence-electron chi connectivity index (χ1n) is 9.61. The molecule has 1 atom stereocenters. The molecule has 2 aliphatic rings. The minimum atomic E-state index is -0.0843. The zero-order chi connectivity index (χ0) is 18.4. The van der Waals surface area contributed by atoms with Crippen molar-refractivity contribution in [2.75, 3.05) is 33.3 Å². The molecule has 1 aromatic rings. The van der Waals surface area contributed by atoms with E-state index in [9.17, 15) is 9.59 Å². The van der Waals surface area contributed by atoms with E-state index in [2.05, 4.69) is 10.6 Å². The first kappa shape index (κ1) is 21.5. The Kier molecular flexibility index (Phi) is 8.38. The summed E-state index contributed by atoms with van der Waals surface area (Å²) >= 11 is 0. The first-order chi connectivity index (χ1) is 12.7. The van der Waals surface area contributed by atoms with Crippen molar-refractivity contribution in [3.63, 3.8) is 0 Å². The number of hydrogen-bond acceptors (Lipinski definition) is 4. The zero-order valence-corrected chi connectivity index (χ0v) is 16.7. The van der Waals surface area contributed by atoms with Gasteiger partial charge in [0.2, 0.25) is 11.8 Å². The molecule has 3 rings (SSSR count). The number of rotatable bonds is 5. The number of nitrogens with zero attached hydrogens (tertiary/aromatic N) is 1. The lowest BCUT2D eigenvalue weighted by molar-refractivity contribution is -0.136. The van der Waals surface area contributed by atoms with Crippen LogP contribution in [0.5, 0.6) is 5.75 Å². The third kappa shape index (κ3) is 5.36. The number of nitrogens with one attached hydrogen (secondary N) is 2. The zero-order valence-electron chi connectivity index (χ0n) is 15.9. The Morgan fingerprint density at radius 1 is 1.22 bits per heavy atom. The molecule has 1 heterocycles. The van der Waals surface area contributed by atoms with Gasteiger partial charge in [-0.2, -0.15) is 0 Å². The van der Waals surface area contributed by atoms with Gasteiger partial charge < -0.3 is 20.3 Å². The van der Waals surface area contributed by atoms with Gasteiger partial charge in [-0.25, -0.2) is 0 Å². The van der Waals surface area contributed by atoms with Crippen LogP contribution in [0.1, 0.15) is 43.7 Å². The fourth-order valence-electron chi connectivity index (χ4n) is 4.00.